The quantitative estimate of drug-likeness (QED) is 0.756. The van der Waals surface area contributed by atoms with E-state index in [0.717, 1.165) is 17.2 Å². The molecule has 74 valence electrons. The normalized spacial score (nSPS) is 10.6. The topological polar surface area (TPSA) is 79.4 Å². The zero-order valence-corrected chi connectivity index (χ0v) is 8.51. The Hall–Kier alpha value is -1.34. The van der Waals surface area contributed by atoms with Gasteiger partial charge in [0, 0.05) is 17.6 Å². The Kier molecular flexibility index (Phi) is 2.80. The molecule has 0 aliphatic heterocycles. The summed E-state index contributed by atoms with van der Waals surface area (Å²) in [4.78, 5) is 4.32. The fourth-order valence-electron chi connectivity index (χ4n) is 1.02. The lowest BCUT2D eigenvalue weighted by atomic mass is 10.5. The Bertz CT molecular complexity index is 381. The maximum Gasteiger partial charge on any atom is 0.188 e. The van der Waals surface area contributed by atoms with Crippen molar-refractivity contribution in [2.24, 2.45) is 0 Å². The molecule has 0 fully saturated rings. The summed E-state index contributed by atoms with van der Waals surface area (Å²) in [6.07, 6.45) is 0. The number of hydrogen-bond donors (Lipinski definition) is 2. The van der Waals surface area contributed by atoms with E-state index in [2.05, 4.69) is 30.9 Å². The lowest BCUT2D eigenvalue weighted by Crippen LogP contribution is -2.13. The molecule has 0 radical (unpaired) electrons. The van der Waals surface area contributed by atoms with Crippen LogP contribution in [0.1, 0.15) is 16.5 Å². The monoisotopic (exact) mass is 210 g/mol. The molecule has 14 heavy (non-hydrogen) atoms. The maximum atomic E-state index is 4.32. The van der Waals surface area contributed by atoms with Crippen molar-refractivity contribution in [3.05, 3.63) is 21.9 Å². The lowest BCUT2D eigenvalue weighted by molar-refractivity contribution is 0.660. The minimum atomic E-state index is 0.606. The molecule has 2 aromatic rings. The van der Waals surface area contributed by atoms with Gasteiger partial charge in [0.1, 0.15) is 5.01 Å². The van der Waals surface area contributed by atoms with E-state index in [9.17, 15) is 0 Å². The van der Waals surface area contributed by atoms with E-state index < -0.39 is 0 Å². The van der Waals surface area contributed by atoms with Crippen LogP contribution in [0.2, 0.25) is 0 Å². The van der Waals surface area contributed by atoms with Crippen molar-refractivity contribution in [3.8, 4) is 0 Å². The Balaban J connectivity index is 1.78. The van der Waals surface area contributed by atoms with E-state index in [1.54, 1.807) is 11.3 Å². The van der Waals surface area contributed by atoms with Crippen LogP contribution in [0, 0.1) is 6.92 Å². The zero-order chi connectivity index (χ0) is 9.80. The number of hydrogen-bond acceptors (Lipinski definition) is 6. The summed E-state index contributed by atoms with van der Waals surface area (Å²) in [5.41, 5.74) is 1.06. The highest BCUT2D eigenvalue weighted by molar-refractivity contribution is 7.09. The van der Waals surface area contributed by atoms with Crippen LogP contribution in [-0.4, -0.2) is 25.6 Å². The molecular formula is C7H10N6S. The van der Waals surface area contributed by atoms with E-state index in [1.165, 1.54) is 0 Å². The highest BCUT2D eigenvalue weighted by atomic mass is 32.1. The van der Waals surface area contributed by atoms with Crippen LogP contribution in [0.15, 0.2) is 5.38 Å². The highest BCUT2D eigenvalue weighted by Gasteiger charge is 2.00. The van der Waals surface area contributed by atoms with Gasteiger partial charge in [-0.2, -0.15) is 5.21 Å². The molecule has 0 amide bonds. The van der Waals surface area contributed by atoms with E-state index in [-0.39, 0.29) is 0 Å². The van der Waals surface area contributed by atoms with Crippen LogP contribution < -0.4 is 5.32 Å². The standard InChI is InChI=1S/C7H10N6S/c1-5-4-14-7(9-5)3-8-2-6-10-12-13-11-6/h4,8H,2-3H2,1H3,(H,10,11,12,13). The molecule has 6 nitrogen and oxygen atoms in total. The minimum absolute atomic E-state index is 0.606. The Morgan fingerprint density at radius 2 is 2.43 bits per heavy atom. The molecular weight excluding hydrogens is 200 g/mol. The summed E-state index contributed by atoms with van der Waals surface area (Å²) < 4.78 is 0. The van der Waals surface area contributed by atoms with Crippen LogP contribution >= 0.6 is 11.3 Å². The third-order valence-electron chi connectivity index (χ3n) is 1.62. The van der Waals surface area contributed by atoms with Gasteiger partial charge in [-0.05, 0) is 6.92 Å². The number of nitrogens with one attached hydrogen (secondary N) is 2. The number of thiazole rings is 1. The molecule has 0 bridgehead atoms. The number of aromatic nitrogens is 5. The number of aromatic amines is 1. The first-order valence-electron chi connectivity index (χ1n) is 4.18. The van der Waals surface area contributed by atoms with Gasteiger partial charge in [-0.15, -0.1) is 21.5 Å². The number of rotatable bonds is 4. The molecule has 0 atom stereocenters. The summed E-state index contributed by atoms with van der Waals surface area (Å²) in [5, 5.41) is 19.8. The summed E-state index contributed by atoms with van der Waals surface area (Å²) in [5.74, 6) is 0.665. The average Bonchev–Trinajstić information content (AvgIpc) is 2.77. The molecule has 0 spiro atoms. The summed E-state index contributed by atoms with van der Waals surface area (Å²) in [7, 11) is 0. The predicted octanol–water partition coefficient (Wildman–Crippen LogP) is 0.254. The van der Waals surface area contributed by atoms with Crippen LogP contribution in [-0.2, 0) is 13.1 Å². The minimum Gasteiger partial charge on any atom is -0.303 e. The third-order valence-corrected chi connectivity index (χ3v) is 2.58. The molecule has 2 aromatic heterocycles. The molecule has 7 heteroatoms. The number of tetrazole rings is 1. The fraction of sp³-hybridized carbons (Fsp3) is 0.429. The Morgan fingerprint density at radius 3 is 3.07 bits per heavy atom. The zero-order valence-electron chi connectivity index (χ0n) is 7.69. The van der Waals surface area contributed by atoms with Crippen molar-refractivity contribution in [2.75, 3.05) is 0 Å². The largest absolute Gasteiger partial charge is 0.303 e. The van der Waals surface area contributed by atoms with Gasteiger partial charge in [-0.3, -0.25) is 0 Å². The van der Waals surface area contributed by atoms with Crippen molar-refractivity contribution in [1.82, 2.24) is 30.9 Å². The maximum absolute atomic E-state index is 4.32. The van der Waals surface area contributed by atoms with Gasteiger partial charge < -0.3 is 5.32 Å². The van der Waals surface area contributed by atoms with Crippen LogP contribution in [0.3, 0.4) is 0 Å². The molecule has 0 saturated carbocycles. The second kappa shape index (κ2) is 4.25. The first-order chi connectivity index (χ1) is 6.84. The summed E-state index contributed by atoms with van der Waals surface area (Å²) in [6, 6.07) is 0. The van der Waals surface area contributed by atoms with Gasteiger partial charge in [0.05, 0.1) is 6.54 Å². The smallest absolute Gasteiger partial charge is 0.188 e. The summed E-state index contributed by atoms with van der Waals surface area (Å²) >= 11 is 1.65. The third kappa shape index (κ3) is 2.33. The van der Waals surface area contributed by atoms with Crippen molar-refractivity contribution < 1.29 is 0 Å². The molecule has 0 saturated heterocycles. The van der Waals surface area contributed by atoms with Gasteiger partial charge in [0.25, 0.3) is 0 Å². The Labute approximate surface area is 84.8 Å². The van der Waals surface area contributed by atoms with Gasteiger partial charge in [0.2, 0.25) is 0 Å². The van der Waals surface area contributed by atoms with Crippen LogP contribution in [0.5, 0.6) is 0 Å². The van der Waals surface area contributed by atoms with E-state index in [4.69, 9.17) is 0 Å². The SMILES string of the molecule is Cc1csc(CNCc2nn[nH]n2)n1. The molecule has 0 aliphatic carbocycles. The molecule has 2 rings (SSSR count). The molecule has 0 unspecified atom stereocenters. The van der Waals surface area contributed by atoms with Gasteiger partial charge in [0.15, 0.2) is 5.82 Å². The second-order valence-corrected chi connectivity index (χ2v) is 3.76. The first-order valence-corrected chi connectivity index (χ1v) is 5.06. The van der Waals surface area contributed by atoms with Crippen molar-refractivity contribution in [2.45, 2.75) is 20.0 Å². The number of aryl methyl sites for hydroxylation is 1. The van der Waals surface area contributed by atoms with Gasteiger partial charge in [-0.1, -0.05) is 5.21 Å². The van der Waals surface area contributed by atoms with Crippen LogP contribution in [0.25, 0.3) is 0 Å². The van der Waals surface area contributed by atoms with Crippen molar-refractivity contribution in [1.29, 1.82) is 0 Å². The lowest BCUT2D eigenvalue weighted by Gasteiger charge is -1.96. The fourth-order valence-corrected chi connectivity index (χ4v) is 1.76. The first kappa shape index (κ1) is 9.22. The number of H-pyrrole nitrogens is 1. The number of nitrogens with zero attached hydrogens (tertiary/aromatic N) is 4. The van der Waals surface area contributed by atoms with Crippen molar-refractivity contribution in [3.63, 3.8) is 0 Å². The van der Waals surface area contributed by atoms with Crippen molar-refractivity contribution >= 4 is 11.3 Å². The van der Waals surface area contributed by atoms with Gasteiger partial charge in [-0.25, -0.2) is 4.98 Å². The van der Waals surface area contributed by atoms with Gasteiger partial charge >= 0.3 is 0 Å². The van der Waals surface area contributed by atoms with E-state index >= 15 is 0 Å². The highest BCUT2D eigenvalue weighted by Crippen LogP contribution is 2.07. The van der Waals surface area contributed by atoms with E-state index in [1.807, 2.05) is 12.3 Å². The van der Waals surface area contributed by atoms with E-state index in [0.29, 0.717) is 12.4 Å². The summed E-state index contributed by atoms with van der Waals surface area (Å²) in [6.45, 7) is 3.33. The molecule has 0 aliphatic rings. The molecule has 2 N–H and O–H groups in total. The average molecular weight is 210 g/mol. The predicted molar refractivity (Wildman–Crippen MR) is 51.6 cm³/mol. The van der Waals surface area contributed by atoms with Crippen LogP contribution in [0.4, 0.5) is 0 Å². The second-order valence-electron chi connectivity index (χ2n) is 2.81. The molecule has 2 heterocycles. The molecule has 0 aromatic carbocycles. The Morgan fingerprint density at radius 1 is 1.50 bits per heavy atom.